The van der Waals surface area contributed by atoms with Gasteiger partial charge in [0.05, 0.1) is 12.2 Å². The molecule has 5 nitrogen and oxygen atoms in total. The van der Waals surface area contributed by atoms with Crippen LogP contribution in [-0.2, 0) is 11.3 Å². The second kappa shape index (κ2) is 8.99. The number of ether oxygens (including phenoxy) is 1. The first-order valence-corrected chi connectivity index (χ1v) is 9.60. The van der Waals surface area contributed by atoms with E-state index < -0.39 is 0 Å². The Morgan fingerprint density at radius 3 is 2.81 bits per heavy atom. The van der Waals surface area contributed by atoms with Crippen LogP contribution in [0, 0.1) is 5.41 Å². The lowest BCUT2D eigenvalue weighted by molar-refractivity contribution is 0.0732. The Labute approximate surface area is 156 Å². The lowest BCUT2D eigenvalue weighted by Gasteiger charge is -2.42. The van der Waals surface area contributed by atoms with E-state index in [4.69, 9.17) is 9.73 Å². The molecule has 5 heteroatoms. The van der Waals surface area contributed by atoms with Crippen molar-refractivity contribution >= 4 is 16.7 Å². The van der Waals surface area contributed by atoms with E-state index in [9.17, 15) is 0 Å². The zero-order chi connectivity index (χ0) is 18.2. The fourth-order valence-corrected chi connectivity index (χ4v) is 3.59. The number of rotatable bonds is 8. The summed E-state index contributed by atoms with van der Waals surface area (Å²) in [5.41, 5.74) is 1.38. The molecule has 0 spiro atoms. The van der Waals surface area contributed by atoms with Crippen molar-refractivity contribution in [2.75, 3.05) is 26.8 Å². The molecule has 1 aromatic heterocycles. The van der Waals surface area contributed by atoms with E-state index in [-0.39, 0.29) is 0 Å². The third-order valence-corrected chi connectivity index (χ3v) is 5.37. The van der Waals surface area contributed by atoms with E-state index in [2.05, 4.69) is 46.8 Å². The van der Waals surface area contributed by atoms with Crippen molar-refractivity contribution < 1.29 is 4.74 Å². The van der Waals surface area contributed by atoms with Crippen LogP contribution in [0.15, 0.2) is 41.5 Å². The van der Waals surface area contributed by atoms with Crippen molar-refractivity contribution in [2.45, 2.75) is 39.2 Å². The fraction of sp³-hybridized carbons (Fsp3) is 0.524. The van der Waals surface area contributed by atoms with E-state index in [1.54, 1.807) is 7.11 Å². The van der Waals surface area contributed by atoms with Gasteiger partial charge in [-0.3, -0.25) is 4.98 Å². The highest BCUT2D eigenvalue weighted by atomic mass is 16.5. The Balaban J connectivity index is 1.67. The van der Waals surface area contributed by atoms with E-state index in [1.165, 1.54) is 30.0 Å². The molecule has 0 aliphatic heterocycles. The third kappa shape index (κ3) is 4.52. The first-order valence-electron chi connectivity index (χ1n) is 9.60. The van der Waals surface area contributed by atoms with E-state index >= 15 is 0 Å². The van der Waals surface area contributed by atoms with Gasteiger partial charge in [0, 0.05) is 38.4 Å². The van der Waals surface area contributed by atoms with Gasteiger partial charge in [-0.1, -0.05) is 30.7 Å². The van der Waals surface area contributed by atoms with Gasteiger partial charge >= 0.3 is 0 Å². The number of guanidine groups is 1. The monoisotopic (exact) mass is 354 g/mol. The molecule has 0 amide bonds. The smallest absolute Gasteiger partial charge is 0.191 e. The Morgan fingerprint density at radius 2 is 2.08 bits per heavy atom. The first kappa shape index (κ1) is 18.6. The Bertz CT molecular complexity index is 734. The van der Waals surface area contributed by atoms with Crippen LogP contribution in [0.2, 0.25) is 0 Å². The Morgan fingerprint density at radius 1 is 1.23 bits per heavy atom. The number of pyridine rings is 1. The zero-order valence-electron chi connectivity index (χ0n) is 15.9. The molecule has 1 aromatic carbocycles. The molecule has 0 saturated heterocycles. The number of methoxy groups -OCH3 is 1. The minimum Gasteiger partial charge on any atom is -0.385 e. The summed E-state index contributed by atoms with van der Waals surface area (Å²) in [5, 5.41) is 9.28. The number of fused-ring (bicyclic) bond motifs is 1. The molecule has 1 heterocycles. The summed E-state index contributed by atoms with van der Waals surface area (Å²) >= 11 is 0. The van der Waals surface area contributed by atoms with Gasteiger partial charge in [-0.15, -0.1) is 0 Å². The van der Waals surface area contributed by atoms with Gasteiger partial charge in [-0.05, 0) is 43.1 Å². The Kier molecular flexibility index (Phi) is 6.45. The summed E-state index contributed by atoms with van der Waals surface area (Å²) < 4.78 is 5.29. The maximum atomic E-state index is 5.29. The molecule has 1 aliphatic carbocycles. The van der Waals surface area contributed by atoms with Gasteiger partial charge in [0.1, 0.15) is 0 Å². The second-order valence-corrected chi connectivity index (χ2v) is 7.12. The van der Waals surface area contributed by atoms with Crippen LogP contribution in [0.1, 0.15) is 38.3 Å². The normalized spacial score (nSPS) is 16.3. The third-order valence-electron chi connectivity index (χ3n) is 5.37. The molecular formula is C21H30N4O. The molecule has 1 fully saturated rings. The number of aliphatic imine (C=N–C) groups is 1. The van der Waals surface area contributed by atoms with Crippen molar-refractivity contribution in [3.63, 3.8) is 0 Å². The summed E-state index contributed by atoms with van der Waals surface area (Å²) in [6.45, 7) is 5.29. The number of nitrogens with one attached hydrogen (secondary N) is 2. The number of benzene rings is 1. The SMILES string of the molecule is CCNC(=NCc1nccc2ccccc12)NCC1(CCOC)CCC1. The van der Waals surface area contributed by atoms with Crippen LogP contribution in [0.3, 0.4) is 0 Å². The standard InChI is InChI=1S/C21H30N4O/c1-3-22-20(25-16-21(10-6-11-21)12-14-26-2)24-15-19-18-8-5-4-7-17(18)9-13-23-19/h4-5,7-9,13H,3,6,10-12,14-16H2,1-2H3,(H2,22,24,25). The molecular weight excluding hydrogens is 324 g/mol. The number of nitrogens with zero attached hydrogens (tertiary/aromatic N) is 2. The highest BCUT2D eigenvalue weighted by Gasteiger charge is 2.36. The van der Waals surface area contributed by atoms with Crippen molar-refractivity contribution in [3.8, 4) is 0 Å². The summed E-state index contributed by atoms with van der Waals surface area (Å²) in [6, 6.07) is 10.4. The van der Waals surface area contributed by atoms with Crippen LogP contribution in [0.5, 0.6) is 0 Å². The molecule has 0 unspecified atom stereocenters. The summed E-state index contributed by atoms with van der Waals surface area (Å²) in [7, 11) is 1.78. The molecule has 26 heavy (non-hydrogen) atoms. The van der Waals surface area contributed by atoms with Crippen LogP contribution in [0.4, 0.5) is 0 Å². The average Bonchev–Trinajstić information content (AvgIpc) is 2.64. The van der Waals surface area contributed by atoms with Crippen LogP contribution >= 0.6 is 0 Å². The van der Waals surface area contributed by atoms with Gasteiger partial charge < -0.3 is 15.4 Å². The maximum Gasteiger partial charge on any atom is 0.191 e. The van der Waals surface area contributed by atoms with Gasteiger partial charge in [0.25, 0.3) is 0 Å². The molecule has 1 aliphatic rings. The molecule has 0 atom stereocenters. The van der Waals surface area contributed by atoms with Gasteiger partial charge in [-0.2, -0.15) is 0 Å². The number of aromatic nitrogens is 1. The van der Waals surface area contributed by atoms with Crippen molar-refractivity contribution in [3.05, 3.63) is 42.2 Å². The number of hydrogen-bond donors (Lipinski definition) is 2. The lowest BCUT2D eigenvalue weighted by Crippen LogP contribution is -2.47. The van der Waals surface area contributed by atoms with Gasteiger partial charge in [0.2, 0.25) is 0 Å². The van der Waals surface area contributed by atoms with Gasteiger partial charge in [0.15, 0.2) is 5.96 Å². The van der Waals surface area contributed by atoms with E-state index in [0.717, 1.165) is 37.8 Å². The van der Waals surface area contributed by atoms with Crippen LogP contribution in [0.25, 0.3) is 10.8 Å². The van der Waals surface area contributed by atoms with Crippen LogP contribution < -0.4 is 10.6 Å². The highest BCUT2D eigenvalue weighted by Crippen LogP contribution is 2.43. The fourth-order valence-electron chi connectivity index (χ4n) is 3.59. The van der Waals surface area contributed by atoms with E-state index in [0.29, 0.717) is 12.0 Å². The van der Waals surface area contributed by atoms with Crippen molar-refractivity contribution in [1.82, 2.24) is 15.6 Å². The maximum absolute atomic E-state index is 5.29. The quantitative estimate of drug-likeness (QED) is 0.563. The van der Waals surface area contributed by atoms with Gasteiger partial charge in [-0.25, -0.2) is 4.99 Å². The molecule has 3 rings (SSSR count). The molecule has 1 saturated carbocycles. The Hall–Kier alpha value is -2.14. The molecule has 2 aromatic rings. The molecule has 0 radical (unpaired) electrons. The molecule has 140 valence electrons. The predicted molar refractivity (Wildman–Crippen MR) is 107 cm³/mol. The van der Waals surface area contributed by atoms with E-state index in [1.807, 2.05) is 12.3 Å². The molecule has 2 N–H and O–H groups in total. The second-order valence-electron chi connectivity index (χ2n) is 7.12. The summed E-state index contributed by atoms with van der Waals surface area (Å²) in [4.78, 5) is 9.31. The topological polar surface area (TPSA) is 58.5 Å². The minimum atomic E-state index is 0.365. The summed E-state index contributed by atoms with van der Waals surface area (Å²) in [5.74, 6) is 0.867. The average molecular weight is 354 g/mol. The first-order chi connectivity index (χ1) is 12.8. The van der Waals surface area contributed by atoms with Crippen LogP contribution in [-0.4, -0.2) is 37.7 Å². The predicted octanol–water partition coefficient (Wildman–Crippen LogP) is 3.50. The minimum absolute atomic E-state index is 0.365. The zero-order valence-corrected chi connectivity index (χ0v) is 15.9. The van der Waals surface area contributed by atoms with Crippen molar-refractivity contribution in [1.29, 1.82) is 0 Å². The summed E-state index contributed by atoms with van der Waals surface area (Å²) in [6.07, 6.45) is 6.84. The highest BCUT2D eigenvalue weighted by molar-refractivity contribution is 5.85. The lowest BCUT2D eigenvalue weighted by atomic mass is 9.67. The largest absolute Gasteiger partial charge is 0.385 e. The number of hydrogen-bond acceptors (Lipinski definition) is 3. The van der Waals surface area contributed by atoms with Crippen molar-refractivity contribution in [2.24, 2.45) is 10.4 Å². The molecule has 0 bridgehead atoms.